The van der Waals surface area contributed by atoms with Gasteiger partial charge in [-0.05, 0) is 73.7 Å². The van der Waals surface area contributed by atoms with Gasteiger partial charge in [0.15, 0.2) is 0 Å². The fourth-order valence-electron chi connectivity index (χ4n) is 5.57. The highest BCUT2D eigenvalue weighted by Gasteiger charge is 2.57. The number of phenols is 2. The molecule has 6 heteroatoms. The number of likely N-dealkylation sites (tertiary alicyclic amines) is 1. The van der Waals surface area contributed by atoms with Gasteiger partial charge in [0.2, 0.25) is 5.91 Å². The molecule has 1 aliphatic heterocycles. The van der Waals surface area contributed by atoms with Gasteiger partial charge in [-0.3, -0.25) is 9.69 Å². The van der Waals surface area contributed by atoms with Crippen molar-refractivity contribution in [2.75, 3.05) is 19.6 Å². The average molecular weight is 449 g/mol. The average Bonchev–Trinajstić information content (AvgIpc) is 2.78. The number of phenolic OH excluding ortho intramolecular Hbond substituents is 2. The maximum atomic E-state index is 12.7. The minimum atomic E-state index is -0.958. The van der Waals surface area contributed by atoms with Crippen molar-refractivity contribution in [1.82, 2.24) is 10.2 Å². The number of carbonyl (C=O) groups is 1. The Bertz CT molecular complexity index is 1050. The topological polar surface area (TPSA) is 93.0 Å². The number of aliphatic hydroxyl groups is 1. The molecule has 2 aromatic rings. The van der Waals surface area contributed by atoms with Crippen LogP contribution < -0.4 is 5.32 Å². The number of fused-ring (bicyclic) bond motifs is 1. The van der Waals surface area contributed by atoms with Gasteiger partial charge in [0.25, 0.3) is 0 Å². The maximum Gasteiger partial charge on any atom is 0.244 e. The summed E-state index contributed by atoms with van der Waals surface area (Å²) in [4.78, 5) is 14.9. The Labute approximate surface area is 194 Å². The quantitative estimate of drug-likeness (QED) is 0.402. The molecule has 0 radical (unpaired) electrons. The summed E-state index contributed by atoms with van der Waals surface area (Å²) in [6.45, 7) is 5.90. The van der Waals surface area contributed by atoms with Crippen molar-refractivity contribution in [3.05, 3.63) is 78.4 Å². The molecule has 4 rings (SSSR count). The van der Waals surface area contributed by atoms with Gasteiger partial charge in [-0.1, -0.05) is 30.3 Å². The lowest BCUT2D eigenvalue weighted by atomic mass is 9.55. The van der Waals surface area contributed by atoms with Crippen LogP contribution >= 0.6 is 0 Å². The summed E-state index contributed by atoms with van der Waals surface area (Å²) < 4.78 is 0. The third kappa shape index (κ3) is 4.82. The van der Waals surface area contributed by atoms with Crippen LogP contribution in [0.15, 0.2) is 67.3 Å². The molecule has 1 saturated carbocycles. The van der Waals surface area contributed by atoms with Gasteiger partial charge >= 0.3 is 0 Å². The van der Waals surface area contributed by atoms with E-state index in [0.29, 0.717) is 25.8 Å². The van der Waals surface area contributed by atoms with Crippen LogP contribution in [0.2, 0.25) is 0 Å². The summed E-state index contributed by atoms with van der Waals surface area (Å²) in [6, 6.07) is 13.8. The third-order valence-electron chi connectivity index (χ3n) is 7.16. The predicted molar refractivity (Wildman–Crippen MR) is 129 cm³/mol. The summed E-state index contributed by atoms with van der Waals surface area (Å²) in [6.07, 6.45) is 7.56. The highest BCUT2D eigenvalue weighted by Crippen LogP contribution is 2.52. The first-order valence-electron chi connectivity index (χ1n) is 11.5. The molecule has 2 fully saturated rings. The van der Waals surface area contributed by atoms with Crippen molar-refractivity contribution in [2.45, 2.75) is 42.7 Å². The highest BCUT2D eigenvalue weighted by molar-refractivity contribution is 5.92. The third-order valence-corrected chi connectivity index (χ3v) is 7.16. The van der Waals surface area contributed by atoms with Crippen molar-refractivity contribution >= 4 is 12.0 Å². The number of rotatable bonds is 6. The molecule has 4 N–H and O–H groups in total. The number of piperidine rings is 1. The molecule has 1 aliphatic carbocycles. The second-order valence-corrected chi connectivity index (χ2v) is 9.31. The van der Waals surface area contributed by atoms with Crippen LogP contribution in [-0.2, 0) is 10.2 Å². The van der Waals surface area contributed by atoms with Gasteiger partial charge in [-0.15, -0.1) is 6.58 Å². The van der Waals surface area contributed by atoms with Crippen molar-refractivity contribution < 1.29 is 20.1 Å². The van der Waals surface area contributed by atoms with Crippen LogP contribution in [-0.4, -0.2) is 57.4 Å². The molecule has 0 aromatic heterocycles. The van der Waals surface area contributed by atoms with E-state index in [1.807, 2.05) is 24.3 Å². The predicted octanol–water partition coefficient (Wildman–Crippen LogP) is 3.34. The fraction of sp³-hybridized carbons (Fsp3) is 0.370. The lowest BCUT2D eigenvalue weighted by Gasteiger charge is -2.58. The Morgan fingerprint density at radius 2 is 1.91 bits per heavy atom. The van der Waals surface area contributed by atoms with Crippen LogP contribution in [0.25, 0.3) is 6.08 Å². The second-order valence-electron chi connectivity index (χ2n) is 9.31. The van der Waals surface area contributed by atoms with Gasteiger partial charge in [0.05, 0.1) is 5.60 Å². The van der Waals surface area contributed by atoms with Crippen molar-refractivity contribution in [3.8, 4) is 11.5 Å². The molecule has 1 saturated heterocycles. The molecule has 6 nitrogen and oxygen atoms in total. The lowest BCUT2D eigenvalue weighted by Crippen LogP contribution is -2.67. The summed E-state index contributed by atoms with van der Waals surface area (Å²) in [5.41, 5.74) is 0.140. The molecule has 2 aliphatic rings. The molecule has 0 spiro atoms. The van der Waals surface area contributed by atoms with Crippen LogP contribution in [0.5, 0.6) is 11.5 Å². The number of nitrogens with zero attached hydrogens (tertiary/aromatic N) is 1. The van der Waals surface area contributed by atoms with E-state index in [1.54, 1.807) is 36.4 Å². The Kier molecular flexibility index (Phi) is 6.58. The summed E-state index contributed by atoms with van der Waals surface area (Å²) in [5, 5.41) is 34.8. The van der Waals surface area contributed by atoms with Crippen LogP contribution in [0.1, 0.15) is 36.8 Å². The zero-order valence-corrected chi connectivity index (χ0v) is 18.8. The smallest absolute Gasteiger partial charge is 0.244 e. The first-order chi connectivity index (χ1) is 15.8. The molecule has 0 bridgehead atoms. The number of carbonyl (C=O) groups excluding carboxylic acids is 1. The van der Waals surface area contributed by atoms with Gasteiger partial charge in [0.1, 0.15) is 11.5 Å². The van der Waals surface area contributed by atoms with E-state index >= 15 is 0 Å². The van der Waals surface area contributed by atoms with E-state index in [9.17, 15) is 20.1 Å². The molecule has 0 unspecified atom stereocenters. The Balaban J connectivity index is 1.55. The number of nitrogens with one attached hydrogen (secondary N) is 1. The number of amides is 1. The number of hydrogen-bond donors (Lipinski definition) is 4. The molecule has 2 aromatic carbocycles. The van der Waals surface area contributed by atoms with Gasteiger partial charge in [0, 0.05) is 30.6 Å². The SMILES string of the molecule is C=CCN1CC[C@@]2(c3cccc(O)c3)C[C@H](NC(=O)C=Cc3cccc(O)c3)CC[C@]2(O)C1. The summed E-state index contributed by atoms with van der Waals surface area (Å²) in [7, 11) is 0. The van der Waals surface area contributed by atoms with E-state index in [-0.39, 0.29) is 23.4 Å². The molecule has 174 valence electrons. The lowest BCUT2D eigenvalue weighted by molar-refractivity contribution is -0.130. The molecule has 3 atom stereocenters. The summed E-state index contributed by atoms with van der Waals surface area (Å²) >= 11 is 0. The Morgan fingerprint density at radius 1 is 1.15 bits per heavy atom. The van der Waals surface area contributed by atoms with E-state index in [0.717, 1.165) is 30.6 Å². The molecule has 33 heavy (non-hydrogen) atoms. The van der Waals surface area contributed by atoms with E-state index in [4.69, 9.17) is 0 Å². The zero-order valence-electron chi connectivity index (χ0n) is 18.8. The normalized spacial score (nSPS) is 27.7. The first-order valence-corrected chi connectivity index (χ1v) is 11.5. The van der Waals surface area contributed by atoms with Crippen LogP contribution in [0.3, 0.4) is 0 Å². The first kappa shape index (κ1) is 23.1. The number of β-amino-alcohol motifs (C(OH)–C–C–N with tert-alkyl or cyclic N) is 1. The van der Waals surface area contributed by atoms with Crippen molar-refractivity contribution in [1.29, 1.82) is 0 Å². The number of benzene rings is 2. The maximum absolute atomic E-state index is 12.7. The number of hydrogen-bond acceptors (Lipinski definition) is 5. The Morgan fingerprint density at radius 3 is 2.64 bits per heavy atom. The Hall–Kier alpha value is -3.09. The molecule has 1 amide bonds. The monoisotopic (exact) mass is 448 g/mol. The van der Waals surface area contributed by atoms with Gasteiger partial charge in [-0.25, -0.2) is 0 Å². The van der Waals surface area contributed by atoms with Crippen LogP contribution in [0.4, 0.5) is 0 Å². The fourth-order valence-corrected chi connectivity index (χ4v) is 5.57. The van der Waals surface area contributed by atoms with E-state index < -0.39 is 11.0 Å². The van der Waals surface area contributed by atoms with Gasteiger partial charge in [-0.2, -0.15) is 0 Å². The van der Waals surface area contributed by atoms with E-state index in [2.05, 4.69) is 16.8 Å². The molecular formula is C27H32N2O4. The minimum absolute atomic E-state index is 0.0973. The standard InChI is InChI=1S/C27H32N2O4/c1-2-14-29-15-13-26(21-6-4-8-24(31)17-21)18-22(11-12-27(26,33)19-29)28-25(32)10-9-20-5-3-7-23(30)16-20/h2-10,16-17,22,30-31,33H,1,11-15,18-19H2,(H,28,32)/t22-,26+,27+/m1/s1. The second kappa shape index (κ2) is 9.41. The van der Waals surface area contributed by atoms with E-state index in [1.165, 1.54) is 6.08 Å². The van der Waals surface area contributed by atoms with Crippen molar-refractivity contribution in [3.63, 3.8) is 0 Å². The van der Waals surface area contributed by atoms with Crippen molar-refractivity contribution in [2.24, 2.45) is 0 Å². The molecular weight excluding hydrogens is 416 g/mol. The van der Waals surface area contributed by atoms with Crippen LogP contribution in [0, 0.1) is 0 Å². The van der Waals surface area contributed by atoms with Gasteiger partial charge < -0.3 is 20.6 Å². The zero-order chi connectivity index (χ0) is 23.5. The highest BCUT2D eigenvalue weighted by atomic mass is 16.3. The number of aromatic hydroxyl groups is 2. The summed E-state index contributed by atoms with van der Waals surface area (Å²) in [5.74, 6) is 0.127. The molecule has 1 heterocycles. The minimum Gasteiger partial charge on any atom is -0.508 e. The largest absolute Gasteiger partial charge is 0.508 e.